The fourth-order valence-electron chi connectivity index (χ4n) is 3.89. The highest BCUT2D eigenvalue weighted by molar-refractivity contribution is 7.89. The molecule has 0 aliphatic carbocycles. The van der Waals surface area contributed by atoms with E-state index in [1.165, 1.54) is 0 Å². The maximum atomic E-state index is 13.1. The van der Waals surface area contributed by atoms with Crippen molar-refractivity contribution in [2.75, 3.05) is 20.2 Å². The van der Waals surface area contributed by atoms with Crippen LogP contribution in [0.2, 0.25) is 0 Å². The third kappa shape index (κ3) is 4.81. The molecule has 0 N–H and O–H groups in total. The molecule has 2 heterocycles. The average Bonchev–Trinajstić information content (AvgIpc) is 3.24. The Morgan fingerprint density at radius 1 is 1.06 bits per heavy atom. The van der Waals surface area contributed by atoms with Gasteiger partial charge in [0.05, 0.1) is 12.0 Å². The van der Waals surface area contributed by atoms with Gasteiger partial charge >= 0.3 is 0 Å². The molecule has 4 rings (SSSR count). The Balaban J connectivity index is 1.40. The van der Waals surface area contributed by atoms with Crippen molar-refractivity contribution < 1.29 is 13.2 Å². The molecule has 0 amide bonds. The monoisotopic (exact) mass is 457 g/mol. The van der Waals surface area contributed by atoms with E-state index >= 15 is 0 Å². The lowest BCUT2D eigenvalue weighted by Crippen LogP contribution is -2.38. The van der Waals surface area contributed by atoms with Crippen molar-refractivity contribution in [3.05, 3.63) is 69.2 Å². The molecule has 1 fully saturated rings. The van der Waals surface area contributed by atoms with E-state index in [1.54, 1.807) is 28.8 Å². The minimum absolute atomic E-state index is 0.257. The molecule has 0 atom stereocenters. The van der Waals surface area contributed by atoms with Crippen molar-refractivity contribution in [3.63, 3.8) is 0 Å². The molecule has 2 aromatic carbocycles. The molecule has 0 saturated carbocycles. The lowest BCUT2D eigenvalue weighted by Gasteiger charge is -2.30. The number of aromatic nitrogens is 2. The van der Waals surface area contributed by atoms with Gasteiger partial charge in [0.2, 0.25) is 10.0 Å². The third-order valence-electron chi connectivity index (χ3n) is 5.76. The first kappa shape index (κ1) is 21.9. The second kappa shape index (κ2) is 9.06. The summed E-state index contributed by atoms with van der Waals surface area (Å²) in [7, 11) is -1.81. The van der Waals surface area contributed by atoms with Gasteiger partial charge in [-0.1, -0.05) is 24.3 Å². The van der Waals surface area contributed by atoms with Crippen LogP contribution in [0.1, 0.15) is 45.5 Å². The van der Waals surface area contributed by atoms with Gasteiger partial charge in [-0.25, -0.2) is 8.42 Å². The molecule has 1 aromatic heterocycles. The van der Waals surface area contributed by atoms with Crippen molar-refractivity contribution in [3.8, 4) is 5.75 Å². The van der Waals surface area contributed by atoms with Gasteiger partial charge < -0.3 is 4.74 Å². The fourth-order valence-corrected chi connectivity index (χ4v) is 6.71. The summed E-state index contributed by atoms with van der Waals surface area (Å²) in [6.45, 7) is 4.79. The SMILES string of the molecule is COc1ccc(Cc2nnc(C3CCN(S(=O)(=O)c4cc(C)ccc4C)CC3)s2)cc1. The summed E-state index contributed by atoms with van der Waals surface area (Å²) in [5.74, 6) is 1.09. The summed E-state index contributed by atoms with van der Waals surface area (Å²) in [6, 6.07) is 13.6. The molecule has 6 nitrogen and oxygen atoms in total. The van der Waals surface area contributed by atoms with Crippen LogP contribution in [-0.2, 0) is 16.4 Å². The number of benzene rings is 2. The second-order valence-electron chi connectivity index (χ2n) is 8.01. The lowest BCUT2D eigenvalue weighted by atomic mass is 9.99. The summed E-state index contributed by atoms with van der Waals surface area (Å²) in [5, 5.41) is 10.8. The maximum absolute atomic E-state index is 13.1. The highest BCUT2D eigenvalue weighted by Gasteiger charge is 2.32. The normalized spacial score (nSPS) is 15.8. The zero-order valence-corrected chi connectivity index (χ0v) is 19.7. The molecule has 0 radical (unpaired) electrons. The molecule has 1 saturated heterocycles. The van der Waals surface area contributed by atoms with E-state index < -0.39 is 10.0 Å². The Kier molecular flexibility index (Phi) is 6.41. The number of methoxy groups -OCH3 is 1. The highest BCUT2D eigenvalue weighted by Crippen LogP contribution is 2.33. The van der Waals surface area contributed by atoms with Crippen molar-refractivity contribution >= 4 is 21.4 Å². The molecule has 0 spiro atoms. The van der Waals surface area contributed by atoms with Gasteiger partial charge in [-0.3, -0.25) is 0 Å². The molecule has 1 aliphatic heterocycles. The molecule has 0 unspecified atom stereocenters. The summed E-state index contributed by atoms with van der Waals surface area (Å²) < 4.78 is 33.1. The van der Waals surface area contributed by atoms with Gasteiger partial charge in [-0.05, 0) is 61.6 Å². The summed E-state index contributed by atoms with van der Waals surface area (Å²) >= 11 is 1.63. The highest BCUT2D eigenvalue weighted by atomic mass is 32.2. The summed E-state index contributed by atoms with van der Waals surface area (Å²) in [5.41, 5.74) is 2.91. The van der Waals surface area contributed by atoms with E-state index in [-0.39, 0.29) is 5.92 Å². The molecule has 1 aliphatic rings. The number of nitrogens with zero attached hydrogens (tertiary/aromatic N) is 3. The van der Waals surface area contributed by atoms with Crippen LogP contribution >= 0.6 is 11.3 Å². The first-order valence-corrected chi connectivity index (χ1v) is 12.6. The van der Waals surface area contributed by atoms with Gasteiger partial charge in [0.15, 0.2) is 0 Å². The Morgan fingerprint density at radius 2 is 1.77 bits per heavy atom. The largest absolute Gasteiger partial charge is 0.497 e. The van der Waals surface area contributed by atoms with Crippen LogP contribution in [0, 0.1) is 13.8 Å². The second-order valence-corrected chi connectivity index (χ2v) is 11.0. The quantitative estimate of drug-likeness (QED) is 0.551. The van der Waals surface area contributed by atoms with Crippen molar-refractivity contribution in [2.24, 2.45) is 0 Å². The predicted octanol–water partition coefficient (Wildman–Crippen LogP) is 4.32. The number of aryl methyl sites for hydroxylation is 2. The molecule has 31 heavy (non-hydrogen) atoms. The van der Waals surface area contributed by atoms with Gasteiger partial charge in [0.25, 0.3) is 0 Å². The smallest absolute Gasteiger partial charge is 0.243 e. The topological polar surface area (TPSA) is 72.4 Å². The van der Waals surface area contributed by atoms with E-state index in [4.69, 9.17) is 4.74 Å². The van der Waals surface area contributed by atoms with Gasteiger partial charge in [0, 0.05) is 25.4 Å². The molecule has 8 heteroatoms. The molecule has 0 bridgehead atoms. The summed E-state index contributed by atoms with van der Waals surface area (Å²) in [6.07, 6.45) is 2.27. The maximum Gasteiger partial charge on any atom is 0.243 e. The number of ether oxygens (including phenoxy) is 1. The number of sulfonamides is 1. The van der Waals surface area contributed by atoms with Crippen LogP contribution < -0.4 is 4.74 Å². The predicted molar refractivity (Wildman–Crippen MR) is 122 cm³/mol. The number of rotatable bonds is 6. The van der Waals surface area contributed by atoms with Crippen LogP contribution in [-0.4, -0.2) is 43.1 Å². The standard InChI is InChI=1S/C23H27N3O3S2/c1-16-4-5-17(2)21(14-16)31(27,28)26-12-10-19(11-13-26)23-25-24-22(30-23)15-18-6-8-20(29-3)9-7-18/h4-9,14,19H,10-13,15H2,1-3H3. The van der Waals surface area contributed by atoms with Crippen LogP contribution in [0.3, 0.4) is 0 Å². The zero-order chi connectivity index (χ0) is 22.0. The zero-order valence-electron chi connectivity index (χ0n) is 18.0. The molecular weight excluding hydrogens is 430 g/mol. The van der Waals surface area contributed by atoms with Gasteiger partial charge in [-0.2, -0.15) is 4.31 Å². The van der Waals surface area contributed by atoms with Crippen LogP contribution in [0.15, 0.2) is 47.4 Å². The number of hydrogen-bond donors (Lipinski definition) is 0. The van der Waals surface area contributed by atoms with E-state index in [2.05, 4.69) is 10.2 Å². The van der Waals surface area contributed by atoms with Gasteiger partial charge in [-0.15, -0.1) is 21.5 Å². The summed E-state index contributed by atoms with van der Waals surface area (Å²) in [4.78, 5) is 0.420. The van der Waals surface area contributed by atoms with E-state index in [9.17, 15) is 8.42 Å². The first-order chi connectivity index (χ1) is 14.9. The first-order valence-electron chi connectivity index (χ1n) is 10.4. The average molecular weight is 458 g/mol. The lowest BCUT2D eigenvalue weighted by molar-refractivity contribution is 0.318. The van der Waals surface area contributed by atoms with Crippen molar-refractivity contribution in [1.29, 1.82) is 0 Å². The molecule has 3 aromatic rings. The van der Waals surface area contributed by atoms with Crippen LogP contribution in [0.25, 0.3) is 0 Å². The third-order valence-corrected chi connectivity index (χ3v) is 8.89. The minimum atomic E-state index is -3.47. The van der Waals surface area contributed by atoms with Crippen LogP contribution in [0.4, 0.5) is 0 Å². The molecule has 164 valence electrons. The molecular formula is C23H27N3O3S2. The van der Waals surface area contributed by atoms with Crippen molar-refractivity contribution in [2.45, 2.75) is 43.9 Å². The Bertz CT molecular complexity index is 1150. The van der Waals surface area contributed by atoms with Crippen molar-refractivity contribution in [1.82, 2.24) is 14.5 Å². The van der Waals surface area contributed by atoms with E-state index in [0.717, 1.165) is 51.7 Å². The van der Waals surface area contributed by atoms with E-state index in [1.807, 2.05) is 50.2 Å². The van der Waals surface area contributed by atoms with E-state index in [0.29, 0.717) is 18.0 Å². The minimum Gasteiger partial charge on any atom is -0.497 e. The van der Waals surface area contributed by atoms with Crippen LogP contribution in [0.5, 0.6) is 5.75 Å². The number of hydrogen-bond acceptors (Lipinski definition) is 6. The number of piperidine rings is 1. The fraction of sp³-hybridized carbons (Fsp3) is 0.391. The van der Waals surface area contributed by atoms with Gasteiger partial charge in [0.1, 0.15) is 15.8 Å². The Morgan fingerprint density at radius 3 is 2.45 bits per heavy atom. The Labute approximate surface area is 188 Å². The Hall–Kier alpha value is -2.29.